The van der Waals surface area contributed by atoms with Crippen LogP contribution in [0, 0.1) is 5.92 Å². The highest BCUT2D eigenvalue weighted by molar-refractivity contribution is 5.68. The molecular formula is C12H23NO4. The summed E-state index contributed by atoms with van der Waals surface area (Å²) in [5, 5.41) is 8.60. The fraction of sp³-hybridized carbons (Fsp3) is 0.917. The summed E-state index contributed by atoms with van der Waals surface area (Å²) in [4.78, 5) is 13.5. The molecule has 1 N–H and O–H groups in total. The van der Waals surface area contributed by atoms with E-state index in [1.54, 1.807) is 4.90 Å². The minimum atomic E-state index is -0.442. The van der Waals surface area contributed by atoms with Crippen LogP contribution in [0.2, 0.25) is 0 Å². The van der Waals surface area contributed by atoms with Crippen LogP contribution in [-0.4, -0.2) is 54.6 Å². The van der Waals surface area contributed by atoms with E-state index in [9.17, 15) is 4.79 Å². The molecule has 17 heavy (non-hydrogen) atoms. The SMILES string of the molecule is CC(C)(C)OC(=O)N1CC[C@@H](COCCO)C1. The summed E-state index contributed by atoms with van der Waals surface area (Å²) < 4.78 is 10.6. The first-order valence-electron chi connectivity index (χ1n) is 6.09. The van der Waals surface area contributed by atoms with Crippen molar-refractivity contribution in [2.75, 3.05) is 32.9 Å². The number of nitrogens with zero attached hydrogens (tertiary/aromatic N) is 1. The number of hydrogen-bond donors (Lipinski definition) is 1. The fourth-order valence-corrected chi connectivity index (χ4v) is 1.78. The molecule has 1 rings (SSSR count). The molecule has 0 aliphatic carbocycles. The minimum Gasteiger partial charge on any atom is -0.444 e. The van der Waals surface area contributed by atoms with Gasteiger partial charge >= 0.3 is 6.09 Å². The van der Waals surface area contributed by atoms with E-state index < -0.39 is 5.60 Å². The molecule has 0 aromatic carbocycles. The average molecular weight is 245 g/mol. The van der Waals surface area contributed by atoms with Crippen LogP contribution in [-0.2, 0) is 9.47 Å². The van der Waals surface area contributed by atoms with Crippen molar-refractivity contribution < 1.29 is 19.4 Å². The molecule has 1 saturated heterocycles. The van der Waals surface area contributed by atoms with Crippen molar-refractivity contribution >= 4 is 6.09 Å². The van der Waals surface area contributed by atoms with Crippen LogP contribution in [0.3, 0.4) is 0 Å². The van der Waals surface area contributed by atoms with E-state index in [0.29, 0.717) is 25.7 Å². The van der Waals surface area contributed by atoms with Gasteiger partial charge in [0.25, 0.3) is 0 Å². The zero-order valence-electron chi connectivity index (χ0n) is 10.9. The molecule has 1 aliphatic heterocycles. The third-order valence-corrected chi connectivity index (χ3v) is 2.53. The first kappa shape index (κ1) is 14.3. The molecule has 0 aromatic heterocycles. The van der Waals surface area contributed by atoms with Gasteiger partial charge in [-0.2, -0.15) is 0 Å². The quantitative estimate of drug-likeness (QED) is 0.757. The average Bonchev–Trinajstić information content (AvgIpc) is 2.64. The molecule has 5 nitrogen and oxygen atoms in total. The Morgan fingerprint density at radius 1 is 1.47 bits per heavy atom. The van der Waals surface area contributed by atoms with Crippen LogP contribution in [0.5, 0.6) is 0 Å². The highest BCUT2D eigenvalue weighted by Gasteiger charge is 2.29. The zero-order valence-corrected chi connectivity index (χ0v) is 10.9. The third kappa shape index (κ3) is 5.37. The number of rotatable bonds is 4. The van der Waals surface area contributed by atoms with Crippen LogP contribution in [0.4, 0.5) is 4.79 Å². The number of hydrogen-bond acceptors (Lipinski definition) is 4. The lowest BCUT2D eigenvalue weighted by molar-refractivity contribution is 0.0267. The van der Waals surface area contributed by atoms with Gasteiger partial charge in [0, 0.05) is 19.0 Å². The van der Waals surface area contributed by atoms with Crippen LogP contribution in [0.15, 0.2) is 0 Å². The van der Waals surface area contributed by atoms with E-state index in [4.69, 9.17) is 14.6 Å². The molecule has 0 radical (unpaired) electrons. The Labute approximate surface area is 103 Å². The second-order valence-corrected chi connectivity index (χ2v) is 5.38. The van der Waals surface area contributed by atoms with Crippen molar-refractivity contribution in [2.45, 2.75) is 32.8 Å². The van der Waals surface area contributed by atoms with Crippen LogP contribution in [0.1, 0.15) is 27.2 Å². The Balaban J connectivity index is 2.27. The lowest BCUT2D eigenvalue weighted by Crippen LogP contribution is -2.35. The monoisotopic (exact) mass is 245 g/mol. The highest BCUT2D eigenvalue weighted by Crippen LogP contribution is 2.19. The van der Waals surface area contributed by atoms with Crippen LogP contribution in [0.25, 0.3) is 0 Å². The van der Waals surface area contributed by atoms with E-state index in [0.717, 1.165) is 13.0 Å². The number of ether oxygens (including phenoxy) is 2. The summed E-state index contributed by atoms with van der Waals surface area (Å²) >= 11 is 0. The van der Waals surface area contributed by atoms with E-state index in [1.807, 2.05) is 20.8 Å². The van der Waals surface area contributed by atoms with Gasteiger partial charge in [0.15, 0.2) is 0 Å². The molecule has 100 valence electrons. The first-order chi connectivity index (χ1) is 7.92. The zero-order chi connectivity index (χ0) is 12.9. The Morgan fingerprint density at radius 3 is 2.76 bits per heavy atom. The lowest BCUT2D eigenvalue weighted by Gasteiger charge is -2.24. The van der Waals surface area contributed by atoms with Gasteiger partial charge in [-0.05, 0) is 27.2 Å². The number of carbonyl (C=O) groups is 1. The van der Waals surface area contributed by atoms with E-state index in [-0.39, 0.29) is 12.7 Å². The smallest absolute Gasteiger partial charge is 0.410 e. The summed E-state index contributed by atoms with van der Waals surface area (Å²) in [7, 11) is 0. The van der Waals surface area contributed by atoms with Gasteiger partial charge in [0.05, 0.1) is 19.8 Å². The van der Waals surface area contributed by atoms with Gasteiger partial charge in [-0.3, -0.25) is 0 Å². The molecule has 0 unspecified atom stereocenters. The van der Waals surface area contributed by atoms with Crippen molar-refractivity contribution in [3.63, 3.8) is 0 Å². The number of aliphatic hydroxyl groups is 1. The number of amides is 1. The molecule has 0 bridgehead atoms. The van der Waals surface area contributed by atoms with Gasteiger partial charge in [-0.1, -0.05) is 0 Å². The molecule has 1 aliphatic rings. The Hall–Kier alpha value is -0.810. The van der Waals surface area contributed by atoms with Crippen molar-refractivity contribution in [2.24, 2.45) is 5.92 Å². The molecule has 1 atom stereocenters. The van der Waals surface area contributed by atoms with Gasteiger partial charge in [0.1, 0.15) is 5.60 Å². The van der Waals surface area contributed by atoms with Crippen molar-refractivity contribution in [3.05, 3.63) is 0 Å². The standard InChI is InChI=1S/C12H23NO4/c1-12(2,3)17-11(15)13-5-4-10(8-13)9-16-7-6-14/h10,14H,4-9H2,1-3H3/t10-/m1/s1. The largest absolute Gasteiger partial charge is 0.444 e. The molecule has 1 heterocycles. The molecular weight excluding hydrogens is 222 g/mol. The number of aliphatic hydroxyl groups excluding tert-OH is 1. The number of carbonyl (C=O) groups excluding carboxylic acids is 1. The molecule has 1 amide bonds. The van der Waals surface area contributed by atoms with Crippen LogP contribution < -0.4 is 0 Å². The highest BCUT2D eigenvalue weighted by atomic mass is 16.6. The van der Waals surface area contributed by atoms with Gasteiger partial charge in [0.2, 0.25) is 0 Å². The summed E-state index contributed by atoms with van der Waals surface area (Å²) in [6.45, 7) is 8.00. The second-order valence-electron chi connectivity index (χ2n) is 5.38. The van der Waals surface area contributed by atoms with Crippen LogP contribution >= 0.6 is 0 Å². The van der Waals surface area contributed by atoms with E-state index >= 15 is 0 Å². The second kappa shape index (κ2) is 6.21. The fourth-order valence-electron chi connectivity index (χ4n) is 1.78. The maximum atomic E-state index is 11.8. The van der Waals surface area contributed by atoms with Crippen molar-refractivity contribution in [3.8, 4) is 0 Å². The number of likely N-dealkylation sites (tertiary alicyclic amines) is 1. The maximum absolute atomic E-state index is 11.8. The van der Waals surface area contributed by atoms with Gasteiger partial charge in [-0.15, -0.1) is 0 Å². The topological polar surface area (TPSA) is 59.0 Å². The lowest BCUT2D eigenvalue weighted by atomic mass is 10.1. The molecule has 5 heteroatoms. The molecule has 0 aromatic rings. The Bertz CT molecular complexity index is 249. The predicted octanol–water partition coefficient (Wildman–Crippen LogP) is 1.25. The molecule has 0 spiro atoms. The Kier molecular flexibility index (Phi) is 5.21. The van der Waals surface area contributed by atoms with E-state index in [2.05, 4.69) is 0 Å². The first-order valence-corrected chi connectivity index (χ1v) is 6.09. The molecule has 1 fully saturated rings. The summed E-state index contributed by atoms with van der Waals surface area (Å²) in [5.74, 6) is 0.356. The summed E-state index contributed by atoms with van der Waals surface area (Å²) in [6, 6.07) is 0. The van der Waals surface area contributed by atoms with Crippen molar-refractivity contribution in [1.29, 1.82) is 0 Å². The Morgan fingerprint density at radius 2 is 2.18 bits per heavy atom. The van der Waals surface area contributed by atoms with Crippen molar-refractivity contribution in [1.82, 2.24) is 4.90 Å². The van der Waals surface area contributed by atoms with Gasteiger partial charge in [-0.25, -0.2) is 4.79 Å². The van der Waals surface area contributed by atoms with Gasteiger partial charge < -0.3 is 19.5 Å². The normalized spacial score (nSPS) is 20.7. The predicted molar refractivity (Wildman–Crippen MR) is 63.8 cm³/mol. The third-order valence-electron chi connectivity index (χ3n) is 2.53. The summed E-state index contributed by atoms with van der Waals surface area (Å²) in [6.07, 6.45) is 0.687. The molecule has 0 saturated carbocycles. The summed E-state index contributed by atoms with van der Waals surface area (Å²) in [5.41, 5.74) is -0.442. The van der Waals surface area contributed by atoms with E-state index in [1.165, 1.54) is 0 Å². The maximum Gasteiger partial charge on any atom is 0.410 e. The minimum absolute atomic E-state index is 0.0441.